The Morgan fingerprint density at radius 2 is 1.92 bits per heavy atom. The van der Waals surface area contributed by atoms with Crippen molar-refractivity contribution in [3.63, 3.8) is 0 Å². The normalized spacial score (nSPS) is 18.3. The lowest BCUT2D eigenvalue weighted by Gasteiger charge is -2.29. The minimum atomic E-state index is -1.26. The van der Waals surface area contributed by atoms with E-state index in [1.165, 1.54) is 24.3 Å². The fraction of sp³-hybridized carbons (Fsp3) is 0.423. The molecule has 13 heteroatoms. The number of aliphatic hydroxyl groups is 1. The van der Waals surface area contributed by atoms with Gasteiger partial charge in [0.1, 0.15) is 24.2 Å². The zero-order valence-corrected chi connectivity index (χ0v) is 21.5. The smallest absolute Gasteiger partial charge is 0.326 e. The van der Waals surface area contributed by atoms with Gasteiger partial charge in [-0.1, -0.05) is 18.2 Å². The number of carboxylic acid groups (broad SMARTS) is 1. The molecule has 1 fully saturated rings. The van der Waals surface area contributed by atoms with Gasteiger partial charge in [-0.05, 0) is 31.4 Å². The van der Waals surface area contributed by atoms with E-state index < -0.39 is 54.0 Å². The van der Waals surface area contributed by atoms with E-state index in [-0.39, 0.29) is 12.8 Å². The second-order valence-corrected chi connectivity index (χ2v) is 9.76. The zero-order valence-electron chi connectivity index (χ0n) is 21.5. The number of nitrogens with one attached hydrogen (secondary N) is 4. The number of amides is 3. The largest absolute Gasteiger partial charge is 0.480 e. The number of hydrogen-bond acceptors (Lipinski definition) is 7. The van der Waals surface area contributed by atoms with Crippen molar-refractivity contribution < 1.29 is 29.4 Å². The van der Waals surface area contributed by atoms with Crippen LogP contribution in [0.4, 0.5) is 0 Å². The summed E-state index contributed by atoms with van der Waals surface area (Å²) in [5.41, 5.74) is 7.93. The van der Waals surface area contributed by atoms with E-state index in [0.717, 1.165) is 16.5 Å². The summed E-state index contributed by atoms with van der Waals surface area (Å²) in [5.74, 6) is -3.04. The number of fused-ring (bicyclic) bond motifs is 1. The number of rotatable bonds is 11. The van der Waals surface area contributed by atoms with Gasteiger partial charge in [0.15, 0.2) is 0 Å². The van der Waals surface area contributed by atoms with Crippen molar-refractivity contribution >= 4 is 34.6 Å². The predicted molar refractivity (Wildman–Crippen MR) is 140 cm³/mol. The lowest BCUT2D eigenvalue weighted by molar-refractivity contribution is -0.143. The molecule has 13 nitrogen and oxygen atoms in total. The molecule has 2 aromatic heterocycles. The van der Waals surface area contributed by atoms with Crippen molar-refractivity contribution in [3.8, 4) is 0 Å². The first-order valence-corrected chi connectivity index (χ1v) is 12.8. The van der Waals surface area contributed by atoms with Crippen LogP contribution in [0.15, 0.2) is 43.0 Å². The fourth-order valence-electron chi connectivity index (χ4n) is 4.79. The van der Waals surface area contributed by atoms with E-state index in [2.05, 4.69) is 25.6 Å². The highest BCUT2D eigenvalue weighted by Crippen LogP contribution is 2.21. The minimum Gasteiger partial charge on any atom is -0.480 e. The van der Waals surface area contributed by atoms with E-state index in [1.807, 2.05) is 24.3 Å². The lowest BCUT2D eigenvalue weighted by atomic mass is 10.0. The lowest BCUT2D eigenvalue weighted by Crippen LogP contribution is -2.58. The van der Waals surface area contributed by atoms with Crippen LogP contribution in [0.2, 0.25) is 0 Å². The first-order valence-electron chi connectivity index (χ1n) is 12.8. The molecule has 1 aliphatic heterocycles. The van der Waals surface area contributed by atoms with Crippen LogP contribution in [0, 0.1) is 0 Å². The van der Waals surface area contributed by atoms with E-state index in [0.29, 0.717) is 25.1 Å². The molecule has 8 N–H and O–H groups in total. The molecule has 1 aromatic carbocycles. The molecule has 1 aliphatic rings. The summed E-state index contributed by atoms with van der Waals surface area (Å²) in [5, 5.41) is 25.7. The average molecular weight is 540 g/mol. The number of nitrogens with zero attached hydrogens (tertiary/aromatic N) is 2. The molecule has 1 saturated heterocycles. The number of aliphatic hydroxyl groups excluding tert-OH is 1. The second-order valence-electron chi connectivity index (χ2n) is 9.76. The molecule has 5 unspecified atom stereocenters. The number of nitrogens with two attached hydrogens (primary N) is 1. The number of para-hydroxylation sites is 1. The number of carbonyl (C=O) groups excluding carboxylic acids is 3. The number of aliphatic carboxylic acids is 1. The van der Waals surface area contributed by atoms with Crippen LogP contribution in [0.5, 0.6) is 0 Å². The Bertz CT molecular complexity index is 1320. The summed E-state index contributed by atoms with van der Waals surface area (Å²) in [7, 11) is 0. The van der Waals surface area contributed by atoms with Crippen molar-refractivity contribution in [2.75, 3.05) is 6.54 Å². The van der Waals surface area contributed by atoms with Gasteiger partial charge in [-0.15, -0.1) is 0 Å². The molecule has 3 heterocycles. The molecule has 3 amide bonds. The zero-order chi connectivity index (χ0) is 28.1. The molecule has 39 heavy (non-hydrogen) atoms. The number of carboxylic acids is 1. The third kappa shape index (κ3) is 6.44. The fourth-order valence-corrected chi connectivity index (χ4v) is 4.79. The molecule has 208 valence electrons. The summed E-state index contributed by atoms with van der Waals surface area (Å²) in [6, 6.07) is 2.98. The monoisotopic (exact) mass is 539 g/mol. The van der Waals surface area contributed by atoms with Crippen molar-refractivity contribution in [2.24, 2.45) is 5.73 Å². The molecule has 0 spiro atoms. The third-order valence-corrected chi connectivity index (χ3v) is 6.97. The van der Waals surface area contributed by atoms with Gasteiger partial charge in [-0.2, -0.15) is 0 Å². The van der Waals surface area contributed by atoms with Crippen molar-refractivity contribution in [1.82, 2.24) is 30.5 Å². The maximum absolute atomic E-state index is 13.4. The van der Waals surface area contributed by atoms with E-state index in [1.54, 1.807) is 6.20 Å². The Morgan fingerprint density at radius 3 is 2.62 bits per heavy atom. The van der Waals surface area contributed by atoms with Crippen LogP contribution in [-0.2, 0) is 32.0 Å². The number of carbonyl (C=O) groups is 4. The average Bonchev–Trinajstić information content (AvgIpc) is 3.68. The highest BCUT2D eigenvalue weighted by atomic mass is 16.4. The summed E-state index contributed by atoms with van der Waals surface area (Å²) in [4.78, 5) is 62.7. The Balaban J connectivity index is 1.50. The van der Waals surface area contributed by atoms with Gasteiger partial charge in [0.05, 0.1) is 12.4 Å². The molecular weight excluding hydrogens is 506 g/mol. The number of hydrogen-bond donors (Lipinski definition) is 7. The summed E-state index contributed by atoms with van der Waals surface area (Å²) in [6.07, 6.45) is 4.51. The van der Waals surface area contributed by atoms with Gasteiger partial charge in [0.25, 0.3) is 0 Å². The maximum atomic E-state index is 13.4. The molecule has 3 aromatic rings. The number of benzene rings is 1. The van der Waals surface area contributed by atoms with E-state index >= 15 is 0 Å². The molecular formula is C26H33N7O6. The van der Waals surface area contributed by atoms with Gasteiger partial charge in [-0.3, -0.25) is 14.4 Å². The molecule has 0 radical (unpaired) electrons. The first-order chi connectivity index (χ1) is 18.7. The SMILES string of the molecule is CC(O)C(N)C(=O)N1CCCC1C(=O)NC(Cc1cnc[nH]1)C(=O)NC(Cc1c[nH]c2ccccc12)C(=O)O. The summed E-state index contributed by atoms with van der Waals surface area (Å²) in [6.45, 7) is 1.69. The molecule has 0 saturated carbocycles. The minimum absolute atomic E-state index is 0.0187. The highest BCUT2D eigenvalue weighted by molar-refractivity contribution is 5.95. The van der Waals surface area contributed by atoms with Gasteiger partial charge in [0.2, 0.25) is 17.7 Å². The van der Waals surface area contributed by atoms with Gasteiger partial charge in [0, 0.05) is 48.4 Å². The topological polar surface area (TPSA) is 207 Å². The molecule has 0 aliphatic carbocycles. The predicted octanol–water partition coefficient (Wildman–Crippen LogP) is -0.570. The number of likely N-dealkylation sites (tertiary alicyclic amines) is 1. The van der Waals surface area contributed by atoms with Crippen LogP contribution >= 0.6 is 0 Å². The summed E-state index contributed by atoms with van der Waals surface area (Å²) >= 11 is 0. The van der Waals surface area contributed by atoms with Crippen LogP contribution < -0.4 is 16.4 Å². The highest BCUT2D eigenvalue weighted by Gasteiger charge is 2.39. The van der Waals surface area contributed by atoms with Crippen molar-refractivity contribution in [3.05, 3.63) is 54.2 Å². The van der Waals surface area contributed by atoms with Crippen molar-refractivity contribution in [2.45, 2.75) is 62.9 Å². The van der Waals surface area contributed by atoms with E-state index in [9.17, 15) is 29.4 Å². The van der Waals surface area contributed by atoms with Gasteiger partial charge >= 0.3 is 5.97 Å². The number of imidazole rings is 1. The van der Waals surface area contributed by atoms with Crippen LogP contribution in [0.25, 0.3) is 10.9 Å². The second kappa shape index (κ2) is 12.1. The van der Waals surface area contributed by atoms with Crippen LogP contribution in [0.1, 0.15) is 31.0 Å². The summed E-state index contributed by atoms with van der Waals surface area (Å²) < 4.78 is 0. The van der Waals surface area contributed by atoms with Crippen LogP contribution in [0.3, 0.4) is 0 Å². The van der Waals surface area contributed by atoms with Crippen molar-refractivity contribution in [1.29, 1.82) is 0 Å². The number of aromatic amines is 2. The Morgan fingerprint density at radius 1 is 1.15 bits per heavy atom. The molecule has 4 rings (SSSR count). The molecule has 0 bridgehead atoms. The maximum Gasteiger partial charge on any atom is 0.326 e. The standard InChI is InChI=1S/C26H33N7O6/c1-14(34)22(27)25(37)33-8-4-7-21(33)24(36)31-19(10-16-12-28-13-30-16)23(35)32-20(26(38)39)9-15-11-29-18-6-3-2-5-17(15)18/h2-3,5-6,11-14,19-22,29,34H,4,7-10,27H2,1H3,(H,28,30)(H,31,36)(H,32,35)(H,38,39). The number of H-pyrrole nitrogens is 2. The van der Waals surface area contributed by atoms with Gasteiger partial charge in [-0.25, -0.2) is 9.78 Å². The first kappa shape index (κ1) is 27.8. The third-order valence-electron chi connectivity index (χ3n) is 6.97. The quantitative estimate of drug-likeness (QED) is 0.167. The van der Waals surface area contributed by atoms with Gasteiger partial charge < -0.3 is 41.4 Å². The number of aromatic nitrogens is 3. The Kier molecular flexibility index (Phi) is 8.62. The van der Waals surface area contributed by atoms with E-state index in [4.69, 9.17) is 5.73 Å². The Labute approximate surface area is 224 Å². The Hall–Kier alpha value is -4.23. The molecule has 5 atom stereocenters. The van der Waals surface area contributed by atoms with Crippen LogP contribution in [-0.4, -0.2) is 90.6 Å².